The number of nitrogens with one attached hydrogen (secondary N) is 1. The predicted molar refractivity (Wildman–Crippen MR) is 77.8 cm³/mol. The first-order valence-corrected chi connectivity index (χ1v) is 6.39. The van der Waals surface area contributed by atoms with Gasteiger partial charge in [0.1, 0.15) is 5.82 Å². The highest BCUT2D eigenvalue weighted by molar-refractivity contribution is 6.39. The normalized spacial score (nSPS) is 10.4. The van der Waals surface area contributed by atoms with E-state index in [1.54, 1.807) is 19.1 Å². The first kappa shape index (κ1) is 14.6. The van der Waals surface area contributed by atoms with Gasteiger partial charge >= 0.3 is 5.97 Å². The smallest absolute Gasteiger partial charge is 0.335 e. The summed E-state index contributed by atoms with van der Waals surface area (Å²) in [5.41, 5.74) is 1.80. The molecule has 0 radical (unpaired) electrons. The van der Waals surface area contributed by atoms with Crippen LogP contribution in [-0.2, 0) is 0 Å². The highest BCUT2D eigenvalue weighted by Gasteiger charge is 2.11. The number of aryl methyl sites for hydroxylation is 1. The van der Waals surface area contributed by atoms with Crippen LogP contribution < -0.4 is 5.32 Å². The third-order valence-electron chi connectivity index (χ3n) is 2.73. The molecule has 3 nitrogen and oxygen atoms in total. The third kappa shape index (κ3) is 3.03. The van der Waals surface area contributed by atoms with E-state index in [2.05, 4.69) is 5.32 Å². The molecule has 0 aliphatic carbocycles. The van der Waals surface area contributed by atoms with Gasteiger partial charge in [-0.1, -0.05) is 23.2 Å². The molecule has 2 aromatic carbocycles. The summed E-state index contributed by atoms with van der Waals surface area (Å²) in [7, 11) is 0. The van der Waals surface area contributed by atoms with Crippen LogP contribution in [0.1, 0.15) is 15.9 Å². The second-order valence-corrected chi connectivity index (χ2v) is 5.02. The summed E-state index contributed by atoms with van der Waals surface area (Å²) >= 11 is 11.9. The van der Waals surface area contributed by atoms with E-state index in [4.69, 9.17) is 28.3 Å². The summed E-state index contributed by atoms with van der Waals surface area (Å²) in [5, 5.41) is 12.2. The summed E-state index contributed by atoms with van der Waals surface area (Å²) in [6.07, 6.45) is 0. The van der Waals surface area contributed by atoms with Gasteiger partial charge in [-0.3, -0.25) is 0 Å². The Bertz CT molecular complexity index is 666. The minimum Gasteiger partial charge on any atom is -0.478 e. The van der Waals surface area contributed by atoms with E-state index in [1.807, 2.05) is 0 Å². The zero-order valence-corrected chi connectivity index (χ0v) is 11.9. The number of carbonyl (C=O) groups is 1. The lowest BCUT2D eigenvalue weighted by Crippen LogP contribution is -2.01. The van der Waals surface area contributed by atoms with Crippen LogP contribution in [0, 0.1) is 12.7 Å². The number of carboxylic acids is 1. The van der Waals surface area contributed by atoms with Crippen molar-refractivity contribution in [2.75, 3.05) is 5.32 Å². The number of halogens is 3. The van der Waals surface area contributed by atoms with Gasteiger partial charge in [0.05, 0.1) is 21.3 Å². The molecule has 0 saturated carbocycles. The third-order valence-corrected chi connectivity index (χ3v) is 3.33. The Kier molecular flexibility index (Phi) is 4.16. The molecule has 2 aromatic rings. The second kappa shape index (κ2) is 5.69. The van der Waals surface area contributed by atoms with Crippen LogP contribution in [0.15, 0.2) is 30.3 Å². The first-order valence-electron chi connectivity index (χ1n) is 5.64. The number of carboxylic acid groups (broad SMARTS) is 1. The molecule has 0 aromatic heterocycles. The van der Waals surface area contributed by atoms with Crippen LogP contribution in [0.4, 0.5) is 15.8 Å². The number of hydrogen-bond acceptors (Lipinski definition) is 2. The molecule has 104 valence electrons. The van der Waals surface area contributed by atoms with Crippen LogP contribution in [0.3, 0.4) is 0 Å². The maximum absolute atomic E-state index is 13.1. The first-order chi connectivity index (χ1) is 9.38. The molecule has 20 heavy (non-hydrogen) atoms. The maximum Gasteiger partial charge on any atom is 0.335 e. The maximum atomic E-state index is 13.1. The molecule has 6 heteroatoms. The molecule has 0 atom stereocenters. The van der Waals surface area contributed by atoms with Crippen LogP contribution in [-0.4, -0.2) is 11.1 Å². The van der Waals surface area contributed by atoms with Gasteiger partial charge in [-0.25, -0.2) is 9.18 Å². The lowest BCUT2D eigenvalue weighted by atomic mass is 10.1. The standard InChI is InChI=1S/C14H10Cl2FNO2/c1-7-4-9(2-3-10(7)14(19)20)18-13-11(15)5-8(17)6-12(13)16/h2-6,18H,1H3,(H,19,20). The SMILES string of the molecule is Cc1cc(Nc2c(Cl)cc(F)cc2Cl)ccc1C(=O)O. The van der Waals surface area contributed by atoms with Gasteiger partial charge in [-0.2, -0.15) is 0 Å². The molecule has 0 amide bonds. The largest absolute Gasteiger partial charge is 0.478 e. The molecule has 0 bridgehead atoms. The molecule has 0 heterocycles. The Labute approximate surface area is 124 Å². The average Bonchev–Trinajstić information content (AvgIpc) is 2.33. The molecule has 0 aliphatic rings. The molecule has 0 saturated heterocycles. The van der Waals surface area contributed by atoms with Crippen LogP contribution in [0.5, 0.6) is 0 Å². The summed E-state index contributed by atoms with van der Waals surface area (Å²) in [6.45, 7) is 1.68. The summed E-state index contributed by atoms with van der Waals surface area (Å²) < 4.78 is 13.1. The van der Waals surface area contributed by atoms with E-state index in [9.17, 15) is 9.18 Å². The van der Waals surface area contributed by atoms with Gasteiger partial charge < -0.3 is 10.4 Å². The summed E-state index contributed by atoms with van der Waals surface area (Å²) in [6, 6.07) is 7.01. The van der Waals surface area contributed by atoms with Crippen molar-refractivity contribution in [2.45, 2.75) is 6.92 Å². The Morgan fingerprint density at radius 2 is 1.80 bits per heavy atom. The van der Waals surface area contributed by atoms with Gasteiger partial charge in [0.25, 0.3) is 0 Å². The van der Waals surface area contributed by atoms with Crippen molar-refractivity contribution in [2.24, 2.45) is 0 Å². The Hall–Kier alpha value is -1.78. The van der Waals surface area contributed by atoms with Gasteiger partial charge in [0, 0.05) is 5.69 Å². The average molecular weight is 314 g/mol. The number of rotatable bonds is 3. The fraction of sp³-hybridized carbons (Fsp3) is 0.0714. The number of anilines is 2. The molecule has 0 unspecified atom stereocenters. The van der Waals surface area contributed by atoms with Gasteiger partial charge in [-0.05, 0) is 42.8 Å². The van der Waals surface area contributed by atoms with Gasteiger partial charge in [0.2, 0.25) is 0 Å². The van der Waals surface area contributed by atoms with E-state index < -0.39 is 11.8 Å². The molecular weight excluding hydrogens is 304 g/mol. The van der Waals surface area contributed by atoms with E-state index in [0.29, 0.717) is 16.9 Å². The topological polar surface area (TPSA) is 49.3 Å². The molecule has 2 rings (SSSR count). The van der Waals surface area contributed by atoms with Gasteiger partial charge in [0.15, 0.2) is 0 Å². The lowest BCUT2D eigenvalue weighted by molar-refractivity contribution is 0.0696. The van der Waals surface area contributed by atoms with Crippen molar-refractivity contribution in [3.8, 4) is 0 Å². The molecular formula is C14H10Cl2FNO2. The van der Waals surface area contributed by atoms with Crippen molar-refractivity contribution in [1.29, 1.82) is 0 Å². The Balaban J connectivity index is 2.36. The van der Waals surface area contributed by atoms with E-state index in [1.165, 1.54) is 6.07 Å². The highest BCUT2D eigenvalue weighted by atomic mass is 35.5. The van der Waals surface area contributed by atoms with Crippen LogP contribution in [0.2, 0.25) is 10.0 Å². The summed E-state index contributed by atoms with van der Waals surface area (Å²) in [5.74, 6) is -1.52. The van der Waals surface area contributed by atoms with Crippen molar-refractivity contribution in [3.63, 3.8) is 0 Å². The zero-order chi connectivity index (χ0) is 14.9. The second-order valence-electron chi connectivity index (χ2n) is 4.20. The predicted octanol–water partition coefficient (Wildman–Crippen LogP) is 4.88. The number of benzene rings is 2. The Morgan fingerprint density at radius 3 is 2.30 bits per heavy atom. The lowest BCUT2D eigenvalue weighted by Gasteiger charge is -2.12. The highest BCUT2D eigenvalue weighted by Crippen LogP contribution is 2.34. The molecule has 2 N–H and O–H groups in total. The zero-order valence-electron chi connectivity index (χ0n) is 10.4. The van der Waals surface area contributed by atoms with E-state index in [-0.39, 0.29) is 15.6 Å². The minimum absolute atomic E-state index is 0.148. The van der Waals surface area contributed by atoms with E-state index in [0.717, 1.165) is 12.1 Å². The molecule has 0 fully saturated rings. The molecule has 0 aliphatic heterocycles. The fourth-order valence-corrected chi connectivity index (χ4v) is 2.34. The Morgan fingerprint density at radius 1 is 1.20 bits per heavy atom. The summed E-state index contributed by atoms with van der Waals surface area (Å²) in [4.78, 5) is 10.9. The fourth-order valence-electron chi connectivity index (χ4n) is 1.79. The number of hydrogen-bond donors (Lipinski definition) is 2. The van der Waals surface area contributed by atoms with Crippen LogP contribution >= 0.6 is 23.2 Å². The molecule has 0 spiro atoms. The van der Waals surface area contributed by atoms with Crippen LogP contribution in [0.25, 0.3) is 0 Å². The van der Waals surface area contributed by atoms with Crippen molar-refractivity contribution in [1.82, 2.24) is 0 Å². The van der Waals surface area contributed by atoms with Crippen molar-refractivity contribution >= 4 is 40.5 Å². The minimum atomic E-state index is -0.994. The quantitative estimate of drug-likeness (QED) is 0.848. The van der Waals surface area contributed by atoms with E-state index >= 15 is 0 Å². The van der Waals surface area contributed by atoms with Crippen molar-refractivity contribution < 1.29 is 14.3 Å². The number of aromatic carboxylic acids is 1. The van der Waals surface area contributed by atoms with Crippen molar-refractivity contribution in [3.05, 3.63) is 57.3 Å². The monoisotopic (exact) mass is 313 g/mol. The van der Waals surface area contributed by atoms with Gasteiger partial charge in [-0.15, -0.1) is 0 Å².